The van der Waals surface area contributed by atoms with E-state index in [1.165, 1.54) is 26.1 Å². The van der Waals surface area contributed by atoms with Gasteiger partial charge in [-0.15, -0.1) is 0 Å². The number of hydrogen-bond donors (Lipinski definition) is 1. The molecule has 0 radical (unpaired) electrons. The molecule has 0 spiro atoms. The van der Waals surface area contributed by atoms with E-state index in [1.807, 2.05) is 0 Å². The van der Waals surface area contributed by atoms with Crippen LogP contribution in [0.5, 0.6) is 0 Å². The molecule has 0 aromatic carbocycles. The van der Waals surface area contributed by atoms with Crippen molar-refractivity contribution in [1.82, 2.24) is 10.2 Å². The molecule has 2 aliphatic rings. The van der Waals surface area contributed by atoms with Gasteiger partial charge < -0.3 is 10.2 Å². The van der Waals surface area contributed by atoms with Gasteiger partial charge in [-0.2, -0.15) is 0 Å². The molecule has 0 amide bonds. The third-order valence-electron chi connectivity index (χ3n) is 2.99. The van der Waals surface area contributed by atoms with Crippen LogP contribution >= 0.6 is 0 Å². The summed E-state index contributed by atoms with van der Waals surface area (Å²) in [4.78, 5) is 2.46. The molecule has 0 unspecified atom stereocenters. The van der Waals surface area contributed by atoms with E-state index in [2.05, 4.69) is 10.2 Å². The second-order valence-corrected chi connectivity index (χ2v) is 5.70. The van der Waals surface area contributed by atoms with E-state index in [-0.39, 0.29) is 0 Å². The van der Waals surface area contributed by atoms with Crippen molar-refractivity contribution in [3.8, 4) is 0 Å². The fourth-order valence-electron chi connectivity index (χ4n) is 1.82. The van der Waals surface area contributed by atoms with Crippen LogP contribution in [0.4, 0.5) is 0 Å². The molecular weight excluding hydrogens is 184 g/mol. The molecule has 2 aliphatic heterocycles. The molecule has 0 saturated carbocycles. The van der Waals surface area contributed by atoms with Gasteiger partial charge >= 0.3 is 0 Å². The van der Waals surface area contributed by atoms with Crippen molar-refractivity contribution >= 4 is 10.8 Å². The van der Waals surface area contributed by atoms with Gasteiger partial charge in [-0.05, 0) is 32.0 Å². The fourth-order valence-corrected chi connectivity index (χ4v) is 2.94. The van der Waals surface area contributed by atoms with Gasteiger partial charge in [0.25, 0.3) is 0 Å². The first-order chi connectivity index (χ1) is 6.34. The maximum absolute atomic E-state index is 11.1. The Bertz CT molecular complexity index is 184. The van der Waals surface area contributed by atoms with Crippen molar-refractivity contribution in [3.63, 3.8) is 0 Å². The van der Waals surface area contributed by atoms with Crippen molar-refractivity contribution in [3.05, 3.63) is 0 Å². The minimum Gasteiger partial charge on any atom is -0.316 e. The average molecular weight is 202 g/mol. The molecule has 2 fully saturated rings. The van der Waals surface area contributed by atoms with E-state index in [0.717, 1.165) is 30.5 Å². The Morgan fingerprint density at radius 2 is 2.00 bits per heavy atom. The van der Waals surface area contributed by atoms with E-state index in [4.69, 9.17) is 0 Å². The number of nitrogens with zero attached hydrogens (tertiary/aromatic N) is 1. The van der Waals surface area contributed by atoms with E-state index in [0.29, 0.717) is 0 Å². The van der Waals surface area contributed by atoms with Crippen molar-refractivity contribution in [2.45, 2.75) is 6.42 Å². The predicted octanol–water partition coefficient (Wildman–Crippen LogP) is -0.340. The van der Waals surface area contributed by atoms with Gasteiger partial charge in [-0.3, -0.25) is 4.21 Å². The van der Waals surface area contributed by atoms with Crippen LogP contribution in [0.3, 0.4) is 0 Å². The zero-order valence-electron chi connectivity index (χ0n) is 8.00. The SMILES string of the molecule is O=S1CCN(CCC2CNC2)CC1. The highest BCUT2D eigenvalue weighted by Gasteiger charge is 2.19. The predicted molar refractivity (Wildman–Crippen MR) is 55.3 cm³/mol. The molecule has 0 aromatic heterocycles. The van der Waals surface area contributed by atoms with Crippen molar-refractivity contribution in [2.75, 3.05) is 44.2 Å². The van der Waals surface area contributed by atoms with Gasteiger partial charge in [0.15, 0.2) is 0 Å². The lowest BCUT2D eigenvalue weighted by molar-refractivity contribution is 0.239. The number of rotatable bonds is 3. The summed E-state index contributed by atoms with van der Waals surface area (Å²) in [5.41, 5.74) is 0. The first-order valence-corrected chi connectivity index (χ1v) is 6.61. The third kappa shape index (κ3) is 2.76. The van der Waals surface area contributed by atoms with E-state index in [1.54, 1.807) is 0 Å². The molecule has 0 aliphatic carbocycles. The van der Waals surface area contributed by atoms with Crippen LogP contribution in [-0.2, 0) is 10.8 Å². The highest BCUT2D eigenvalue weighted by molar-refractivity contribution is 7.85. The molecule has 0 aromatic rings. The lowest BCUT2D eigenvalue weighted by atomic mass is 9.99. The first kappa shape index (κ1) is 9.62. The Hall–Kier alpha value is 0.0700. The Morgan fingerprint density at radius 1 is 1.31 bits per heavy atom. The van der Waals surface area contributed by atoms with E-state index >= 15 is 0 Å². The molecule has 2 rings (SSSR count). The zero-order valence-corrected chi connectivity index (χ0v) is 8.81. The Kier molecular flexibility index (Phi) is 3.35. The van der Waals surface area contributed by atoms with Gasteiger partial charge in [0, 0.05) is 35.4 Å². The van der Waals surface area contributed by atoms with Crippen LogP contribution in [0, 0.1) is 5.92 Å². The Morgan fingerprint density at radius 3 is 2.54 bits per heavy atom. The van der Waals surface area contributed by atoms with Gasteiger partial charge in [0.05, 0.1) is 0 Å². The maximum Gasteiger partial charge on any atom is 0.0363 e. The summed E-state index contributed by atoms with van der Waals surface area (Å²) >= 11 is 0. The standard InChI is InChI=1S/C9H18N2OS/c12-13-5-3-11(4-6-13)2-1-9-7-10-8-9/h9-10H,1-8H2. The summed E-state index contributed by atoms with van der Waals surface area (Å²) < 4.78 is 11.1. The smallest absolute Gasteiger partial charge is 0.0363 e. The summed E-state index contributed by atoms with van der Waals surface area (Å²) in [6, 6.07) is 0. The summed E-state index contributed by atoms with van der Waals surface area (Å²) in [5.74, 6) is 2.69. The molecule has 13 heavy (non-hydrogen) atoms. The van der Waals surface area contributed by atoms with Gasteiger partial charge in [-0.25, -0.2) is 0 Å². The molecule has 2 saturated heterocycles. The monoisotopic (exact) mass is 202 g/mol. The zero-order chi connectivity index (χ0) is 9.10. The lowest BCUT2D eigenvalue weighted by Crippen LogP contribution is -2.45. The second kappa shape index (κ2) is 4.53. The van der Waals surface area contributed by atoms with Gasteiger partial charge in [-0.1, -0.05) is 0 Å². The Labute approximate surface area is 82.3 Å². The fraction of sp³-hybridized carbons (Fsp3) is 1.00. The van der Waals surface area contributed by atoms with Crippen LogP contribution in [0.15, 0.2) is 0 Å². The molecule has 0 bridgehead atoms. The molecule has 0 atom stereocenters. The topological polar surface area (TPSA) is 32.3 Å². The minimum absolute atomic E-state index is 0.517. The first-order valence-electron chi connectivity index (χ1n) is 5.12. The van der Waals surface area contributed by atoms with E-state index in [9.17, 15) is 4.21 Å². The van der Waals surface area contributed by atoms with Crippen molar-refractivity contribution in [2.24, 2.45) is 5.92 Å². The number of hydrogen-bond acceptors (Lipinski definition) is 3. The highest BCUT2D eigenvalue weighted by Crippen LogP contribution is 2.10. The third-order valence-corrected chi connectivity index (χ3v) is 4.27. The number of nitrogens with one attached hydrogen (secondary N) is 1. The summed E-state index contributed by atoms with van der Waals surface area (Å²) in [5, 5.41) is 3.29. The summed E-state index contributed by atoms with van der Waals surface area (Å²) in [6.07, 6.45) is 1.32. The van der Waals surface area contributed by atoms with Crippen molar-refractivity contribution < 1.29 is 4.21 Å². The average Bonchev–Trinajstić information content (AvgIpc) is 2.05. The largest absolute Gasteiger partial charge is 0.316 e. The lowest BCUT2D eigenvalue weighted by Gasteiger charge is -2.31. The molecular formula is C9H18N2OS. The summed E-state index contributed by atoms with van der Waals surface area (Å²) in [7, 11) is -0.517. The van der Waals surface area contributed by atoms with Crippen LogP contribution in [0.25, 0.3) is 0 Å². The minimum atomic E-state index is -0.517. The van der Waals surface area contributed by atoms with Crippen LogP contribution < -0.4 is 5.32 Å². The quantitative estimate of drug-likeness (QED) is 0.679. The van der Waals surface area contributed by atoms with Crippen LogP contribution in [0.1, 0.15) is 6.42 Å². The second-order valence-electron chi connectivity index (χ2n) is 4.00. The molecule has 2 heterocycles. The Balaban J connectivity index is 1.61. The van der Waals surface area contributed by atoms with Crippen molar-refractivity contribution in [1.29, 1.82) is 0 Å². The molecule has 1 N–H and O–H groups in total. The summed E-state index contributed by atoms with van der Waals surface area (Å²) in [6.45, 7) is 5.72. The maximum atomic E-state index is 11.1. The molecule has 3 nitrogen and oxygen atoms in total. The van der Waals surface area contributed by atoms with E-state index < -0.39 is 10.8 Å². The van der Waals surface area contributed by atoms with Gasteiger partial charge in [0.2, 0.25) is 0 Å². The molecule has 76 valence electrons. The van der Waals surface area contributed by atoms with Crippen LogP contribution in [0.2, 0.25) is 0 Å². The molecule has 4 heteroatoms. The van der Waals surface area contributed by atoms with Crippen LogP contribution in [-0.4, -0.2) is 53.3 Å². The highest BCUT2D eigenvalue weighted by atomic mass is 32.2. The van der Waals surface area contributed by atoms with Gasteiger partial charge in [0.1, 0.15) is 0 Å². The normalized spacial score (nSPS) is 27.4.